The number of nitrogens with two attached hydrogens (primary N) is 1. The Morgan fingerprint density at radius 1 is 1.39 bits per heavy atom. The topological polar surface area (TPSA) is 29.3 Å². The zero-order valence-electron chi connectivity index (χ0n) is 11.2. The van der Waals surface area contributed by atoms with Crippen LogP contribution in [-0.4, -0.2) is 25.0 Å². The van der Waals surface area contributed by atoms with Gasteiger partial charge in [0, 0.05) is 17.7 Å². The van der Waals surface area contributed by atoms with Gasteiger partial charge in [0.1, 0.15) is 5.82 Å². The molecule has 0 fully saturated rings. The highest BCUT2D eigenvalue weighted by Gasteiger charge is 2.05. The lowest BCUT2D eigenvalue weighted by Gasteiger charge is -2.16. The Hall–Kier alpha value is -1.37. The van der Waals surface area contributed by atoms with Gasteiger partial charge in [0.05, 0.1) is 6.54 Å². The van der Waals surface area contributed by atoms with Gasteiger partial charge in [0.2, 0.25) is 0 Å². The van der Waals surface area contributed by atoms with Crippen LogP contribution in [0.3, 0.4) is 0 Å². The summed E-state index contributed by atoms with van der Waals surface area (Å²) in [4.78, 5) is 2.13. The van der Waals surface area contributed by atoms with Gasteiger partial charge in [0.15, 0.2) is 0 Å². The van der Waals surface area contributed by atoms with Crippen LogP contribution in [0.4, 0.5) is 4.39 Å². The van der Waals surface area contributed by atoms with Gasteiger partial charge in [-0.05, 0) is 32.1 Å². The minimum atomic E-state index is -0.192. The molecule has 0 heterocycles. The molecule has 0 saturated carbocycles. The molecule has 0 bridgehead atoms. The van der Waals surface area contributed by atoms with Crippen molar-refractivity contribution in [1.82, 2.24) is 4.90 Å². The first-order valence-corrected chi connectivity index (χ1v) is 6.33. The van der Waals surface area contributed by atoms with Crippen LogP contribution in [0.5, 0.6) is 0 Å². The van der Waals surface area contributed by atoms with E-state index in [1.807, 2.05) is 13.1 Å². The largest absolute Gasteiger partial charge is 0.320 e. The van der Waals surface area contributed by atoms with E-state index < -0.39 is 0 Å². The molecule has 2 N–H and O–H groups in total. The summed E-state index contributed by atoms with van der Waals surface area (Å²) >= 11 is 0. The predicted molar refractivity (Wildman–Crippen MR) is 73.6 cm³/mol. The highest BCUT2D eigenvalue weighted by atomic mass is 19.1. The maximum atomic E-state index is 13.8. The lowest BCUT2D eigenvalue weighted by molar-refractivity contribution is 0.315. The number of benzene rings is 1. The molecule has 0 aromatic heterocycles. The summed E-state index contributed by atoms with van der Waals surface area (Å²) < 4.78 is 13.8. The normalized spacial score (nSPS) is 10.3. The molecule has 0 unspecified atom stereocenters. The van der Waals surface area contributed by atoms with Crippen molar-refractivity contribution in [2.24, 2.45) is 5.73 Å². The van der Waals surface area contributed by atoms with E-state index in [2.05, 4.69) is 23.7 Å². The van der Waals surface area contributed by atoms with Crippen LogP contribution in [0, 0.1) is 17.7 Å². The Morgan fingerprint density at radius 2 is 2.17 bits per heavy atom. The van der Waals surface area contributed by atoms with Crippen LogP contribution in [0.2, 0.25) is 0 Å². The highest BCUT2D eigenvalue weighted by Crippen LogP contribution is 2.12. The Balaban J connectivity index is 2.67. The summed E-state index contributed by atoms with van der Waals surface area (Å²) in [5, 5.41) is 0. The molecule has 1 aromatic rings. The smallest absolute Gasteiger partial charge is 0.128 e. The third-order valence-corrected chi connectivity index (χ3v) is 2.72. The molecule has 0 amide bonds. The first-order chi connectivity index (χ1) is 8.67. The van der Waals surface area contributed by atoms with Gasteiger partial charge >= 0.3 is 0 Å². The van der Waals surface area contributed by atoms with Gasteiger partial charge in [-0.2, -0.15) is 0 Å². The number of nitrogens with zero attached hydrogens (tertiary/aromatic N) is 1. The first-order valence-electron chi connectivity index (χ1n) is 6.33. The van der Waals surface area contributed by atoms with Gasteiger partial charge < -0.3 is 10.6 Å². The van der Waals surface area contributed by atoms with Crippen LogP contribution in [-0.2, 0) is 6.54 Å². The Labute approximate surface area is 109 Å². The van der Waals surface area contributed by atoms with E-state index in [9.17, 15) is 4.39 Å². The first kappa shape index (κ1) is 14.7. The summed E-state index contributed by atoms with van der Waals surface area (Å²) in [7, 11) is 2.01. The second kappa shape index (κ2) is 7.86. The molecule has 1 rings (SSSR count). The van der Waals surface area contributed by atoms with Crippen LogP contribution in [0.15, 0.2) is 18.2 Å². The second-order valence-electron chi connectivity index (χ2n) is 4.40. The lowest BCUT2D eigenvalue weighted by Crippen LogP contribution is -2.19. The Morgan fingerprint density at radius 3 is 2.78 bits per heavy atom. The molecule has 18 heavy (non-hydrogen) atoms. The third-order valence-electron chi connectivity index (χ3n) is 2.72. The summed E-state index contributed by atoms with van der Waals surface area (Å²) in [5.74, 6) is 5.36. The van der Waals surface area contributed by atoms with Crippen LogP contribution < -0.4 is 5.73 Å². The molecular weight excluding hydrogens is 227 g/mol. The average molecular weight is 248 g/mol. The van der Waals surface area contributed by atoms with Gasteiger partial charge in [-0.25, -0.2) is 4.39 Å². The van der Waals surface area contributed by atoms with Crippen molar-refractivity contribution < 1.29 is 4.39 Å². The summed E-state index contributed by atoms with van der Waals surface area (Å²) in [5.41, 5.74) is 6.68. The monoisotopic (exact) mass is 248 g/mol. The fourth-order valence-electron chi connectivity index (χ4n) is 1.70. The van der Waals surface area contributed by atoms with E-state index in [0.717, 1.165) is 19.4 Å². The molecule has 0 aliphatic rings. The molecule has 98 valence electrons. The van der Waals surface area contributed by atoms with Crippen molar-refractivity contribution >= 4 is 0 Å². The second-order valence-corrected chi connectivity index (χ2v) is 4.40. The molecular formula is C15H21FN2. The number of hydrogen-bond acceptors (Lipinski definition) is 2. The van der Waals surface area contributed by atoms with Crippen LogP contribution in [0.25, 0.3) is 0 Å². The minimum absolute atomic E-state index is 0.192. The molecule has 1 aromatic carbocycles. The minimum Gasteiger partial charge on any atom is -0.320 e. The Kier molecular flexibility index (Phi) is 6.42. The van der Waals surface area contributed by atoms with E-state index in [1.54, 1.807) is 6.07 Å². The van der Waals surface area contributed by atoms with Crippen molar-refractivity contribution in [2.75, 3.05) is 20.1 Å². The molecule has 3 heteroatoms. The fraction of sp³-hybridized carbons (Fsp3) is 0.467. The van der Waals surface area contributed by atoms with Gasteiger partial charge in [0.25, 0.3) is 0 Å². The average Bonchev–Trinajstić information content (AvgIpc) is 2.36. The predicted octanol–water partition coefficient (Wildman–Crippen LogP) is 2.37. The van der Waals surface area contributed by atoms with Crippen molar-refractivity contribution in [3.05, 3.63) is 35.1 Å². The number of halogens is 1. The molecule has 0 spiro atoms. The van der Waals surface area contributed by atoms with E-state index in [4.69, 9.17) is 5.73 Å². The molecule has 0 atom stereocenters. The zero-order chi connectivity index (χ0) is 13.4. The van der Waals surface area contributed by atoms with Crippen molar-refractivity contribution in [3.8, 4) is 11.8 Å². The summed E-state index contributed by atoms with van der Waals surface area (Å²) in [6.45, 7) is 4.07. The SMILES string of the molecule is CCCCN(C)Cc1ccc(C#CCN)cc1F. The fourth-order valence-corrected chi connectivity index (χ4v) is 1.70. The molecule has 0 aliphatic carbocycles. The van der Waals surface area contributed by atoms with Crippen LogP contribution >= 0.6 is 0 Å². The number of rotatable bonds is 5. The summed E-state index contributed by atoms with van der Waals surface area (Å²) in [6, 6.07) is 5.12. The van der Waals surface area contributed by atoms with E-state index in [-0.39, 0.29) is 5.82 Å². The van der Waals surface area contributed by atoms with Crippen molar-refractivity contribution in [2.45, 2.75) is 26.3 Å². The molecule has 2 nitrogen and oxygen atoms in total. The number of unbranched alkanes of at least 4 members (excludes halogenated alkanes) is 1. The van der Waals surface area contributed by atoms with E-state index >= 15 is 0 Å². The third kappa shape index (κ3) is 4.87. The molecule has 0 saturated heterocycles. The van der Waals surface area contributed by atoms with E-state index in [0.29, 0.717) is 24.2 Å². The van der Waals surface area contributed by atoms with Gasteiger partial charge in [-0.1, -0.05) is 31.3 Å². The maximum Gasteiger partial charge on any atom is 0.128 e. The van der Waals surface area contributed by atoms with E-state index in [1.165, 1.54) is 6.07 Å². The molecule has 0 aliphatic heterocycles. The quantitative estimate of drug-likeness (QED) is 0.811. The Bertz CT molecular complexity index is 432. The number of hydrogen-bond donors (Lipinski definition) is 1. The highest BCUT2D eigenvalue weighted by molar-refractivity contribution is 5.37. The molecule has 0 radical (unpaired) electrons. The standard InChI is InChI=1S/C15H21FN2/c1-3-4-10-18(2)12-14-8-7-13(6-5-9-17)11-15(14)16/h7-8,11H,3-4,9-10,12,17H2,1-2H3. The van der Waals surface area contributed by atoms with Gasteiger partial charge in [-0.3, -0.25) is 0 Å². The summed E-state index contributed by atoms with van der Waals surface area (Å²) in [6.07, 6.45) is 2.29. The zero-order valence-corrected chi connectivity index (χ0v) is 11.2. The maximum absolute atomic E-state index is 13.8. The van der Waals surface area contributed by atoms with Crippen molar-refractivity contribution in [1.29, 1.82) is 0 Å². The van der Waals surface area contributed by atoms with Crippen molar-refractivity contribution in [3.63, 3.8) is 0 Å². The van der Waals surface area contributed by atoms with Crippen LogP contribution in [0.1, 0.15) is 30.9 Å². The van der Waals surface area contributed by atoms with Gasteiger partial charge in [-0.15, -0.1) is 0 Å². The lowest BCUT2D eigenvalue weighted by atomic mass is 10.1.